The van der Waals surface area contributed by atoms with Gasteiger partial charge in [-0.1, -0.05) is 32.4 Å². The number of aliphatic hydroxyl groups excluding tert-OH is 12. The molecule has 20 nitrogen and oxygen atoms in total. The topological polar surface area (TPSA) is 317 Å². The third kappa shape index (κ3) is 8.09. The smallest absolute Gasteiger partial charge is 0.198 e. The molecular formula is C45H72O20. The highest BCUT2D eigenvalue weighted by atomic mass is 16.8. The van der Waals surface area contributed by atoms with Crippen LogP contribution in [0.5, 0.6) is 0 Å². The van der Waals surface area contributed by atoms with E-state index in [1.165, 1.54) is 5.57 Å². The van der Waals surface area contributed by atoms with Gasteiger partial charge < -0.3 is 99.2 Å². The third-order valence-corrected chi connectivity index (χ3v) is 17.9. The highest BCUT2D eigenvalue weighted by Gasteiger charge is 2.71. The van der Waals surface area contributed by atoms with E-state index in [0.717, 1.165) is 32.1 Å². The monoisotopic (exact) mass is 932 g/mol. The first-order valence-electron chi connectivity index (χ1n) is 23.8. The van der Waals surface area contributed by atoms with Crippen LogP contribution in [0.3, 0.4) is 0 Å². The van der Waals surface area contributed by atoms with E-state index in [-0.39, 0.29) is 54.0 Å². The minimum atomic E-state index is -1.67. The van der Waals surface area contributed by atoms with E-state index >= 15 is 0 Å². The molecular weight excluding hydrogens is 860 g/mol. The molecule has 0 bridgehead atoms. The molecule has 8 fully saturated rings. The first kappa shape index (κ1) is 48.9. The van der Waals surface area contributed by atoms with E-state index < -0.39 is 124 Å². The van der Waals surface area contributed by atoms with Crippen LogP contribution in [0.1, 0.15) is 72.1 Å². The van der Waals surface area contributed by atoms with Gasteiger partial charge in [0.1, 0.15) is 79.4 Å². The normalized spacial score (nSPS) is 56.7. The Balaban J connectivity index is 0.854. The number of hydrogen-bond acceptors (Lipinski definition) is 20. The van der Waals surface area contributed by atoms with Crippen molar-refractivity contribution in [2.24, 2.45) is 46.3 Å². The lowest BCUT2D eigenvalue weighted by atomic mass is 9.47. The van der Waals surface area contributed by atoms with Crippen LogP contribution in [-0.4, -0.2) is 211 Å². The maximum atomic E-state index is 11.0. The zero-order valence-electron chi connectivity index (χ0n) is 37.3. The second kappa shape index (κ2) is 18.6. The van der Waals surface area contributed by atoms with Crippen molar-refractivity contribution >= 4 is 0 Å². The molecule has 0 unspecified atom stereocenters. The molecule has 5 heterocycles. The molecule has 3 saturated carbocycles. The average Bonchev–Trinajstić information content (AvgIpc) is 3.75. The van der Waals surface area contributed by atoms with E-state index in [1.54, 1.807) is 0 Å². The van der Waals surface area contributed by atoms with E-state index in [1.807, 2.05) is 0 Å². The molecule has 5 saturated heterocycles. The SMILES string of the molecule is C[C@H]1[C@H]2[C@H](C[C@H]3[C@@H]4CC=C5C[C@@H](O[C@@H]6O[C@H](CO[C@@H]7O[C@H](CO)[C@@H](O)[C@H](O)[C@H]7O)[C@@H](O)[C@H](O)[C@H]6O)CC[C@]5(C)[C@H]4CC[C@]23C)O[C@@]12OC[C@H](CO)C[C@@H]2O[C@@H]1O[C@H](CO)[C@@H](O)[C@H](O)[C@H]1O. The van der Waals surface area contributed by atoms with Gasteiger partial charge in [0, 0.05) is 18.4 Å². The molecule has 20 heteroatoms. The lowest BCUT2D eigenvalue weighted by Gasteiger charge is -2.59. The highest BCUT2D eigenvalue weighted by Crippen LogP contribution is 2.71. The van der Waals surface area contributed by atoms with Crippen molar-refractivity contribution < 1.29 is 99.2 Å². The predicted octanol–water partition coefficient (Wildman–Crippen LogP) is -2.87. The van der Waals surface area contributed by atoms with Crippen molar-refractivity contribution in [2.75, 3.05) is 33.0 Å². The number of allylic oxidation sites excluding steroid dienone is 1. The van der Waals surface area contributed by atoms with Crippen molar-refractivity contribution in [3.8, 4) is 0 Å². The van der Waals surface area contributed by atoms with Gasteiger partial charge in [-0.25, -0.2) is 0 Å². The third-order valence-electron chi connectivity index (χ3n) is 17.9. The van der Waals surface area contributed by atoms with Crippen LogP contribution in [0, 0.1) is 46.3 Å². The van der Waals surface area contributed by atoms with Crippen LogP contribution >= 0.6 is 0 Å². The molecule has 0 aromatic rings. The van der Waals surface area contributed by atoms with Crippen molar-refractivity contribution in [3.63, 3.8) is 0 Å². The van der Waals surface area contributed by atoms with Gasteiger partial charge in [0.25, 0.3) is 0 Å². The van der Waals surface area contributed by atoms with Gasteiger partial charge in [-0.3, -0.25) is 0 Å². The molecule has 9 rings (SSSR count). The van der Waals surface area contributed by atoms with E-state index in [0.29, 0.717) is 37.0 Å². The van der Waals surface area contributed by atoms with Gasteiger partial charge in [0.15, 0.2) is 24.7 Å². The Morgan fingerprint density at radius 2 is 1.26 bits per heavy atom. The Labute approximate surface area is 377 Å². The number of hydrogen-bond donors (Lipinski definition) is 12. The Kier molecular flexibility index (Phi) is 14.0. The van der Waals surface area contributed by atoms with Crippen LogP contribution in [0.2, 0.25) is 0 Å². The van der Waals surface area contributed by atoms with Crippen molar-refractivity contribution in [3.05, 3.63) is 11.6 Å². The molecule has 4 aliphatic carbocycles. The van der Waals surface area contributed by atoms with E-state index in [4.69, 9.17) is 37.9 Å². The summed E-state index contributed by atoms with van der Waals surface area (Å²) in [6, 6.07) is 0. The highest BCUT2D eigenvalue weighted by molar-refractivity contribution is 5.27. The van der Waals surface area contributed by atoms with Gasteiger partial charge in [-0.05, 0) is 85.9 Å². The first-order chi connectivity index (χ1) is 30.9. The van der Waals surface area contributed by atoms with Crippen LogP contribution < -0.4 is 0 Å². The van der Waals surface area contributed by atoms with Crippen LogP contribution in [0.25, 0.3) is 0 Å². The summed E-state index contributed by atoms with van der Waals surface area (Å²) >= 11 is 0. The largest absolute Gasteiger partial charge is 0.396 e. The fourth-order valence-corrected chi connectivity index (χ4v) is 14.2. The maximum Gasteiger partial charge on any atom is 0.198 e. The molecule has 5 aliphatic heterocycles. The standard InChI is InChI=1S/C45H72O20/c1-18-30-25(65-45(18)29(10-19(13-46)16-59-45)64-42-39(57)35(53)32(50)27(15-48)62-42)12-24-22-5-4-20-11-21(6-8-43(20,2)23(22)7-9-44(24,30)3)60-41-38(56)36(54)33(51)28(63-41)17-58-40-37(55)34(52)31(49)26(14-47)61-40/h4,18-19,21-42,46-57H,5-17H2,1-3H3/t18-,19-,21-,22+,23-,24-,25-,26+,27+,28+,29-,30-,31+,32+,33+,34-,35-,36-,37+,38+,39+,40+,41+,42-,43-,44-,45-/m0/s1. The Bertz CT molecular complexity index is 1690. The molecule has 27 atom stereocenters. The van der Waals surface area contributed by atoms with Crippen molar-refractivity contribution in [1.29, 1.82) is 0 Å². The van der Waals surface area contributed by atoms with Crippen LogP contribution in [0.4, 0.5) is 0 Å². The summed E-state index contributed by atoms with van der Waals surface area (Å²) in [5.41, 5.74) is 1.09. The fourth-order valence-electron chi connectivity index (χ4n) is 14.2. The zero-order valence-corrected chi connectivity index (χ0v) is 37.3. The molecule has 0 amide bonds. The Morgan fingerprint density at radius 1 is 0.662 bits per heavy atom. The number of rotatable bonds is 10. The lowest BCUT2D eigenvalue weighted by molar-refractivity contribution is -0.376. The Morgan fingerprint density at radius 3 is 1.91 bits per heavy atom. The second-order valence-corrected chi connectivity index (χ2v) is 21.2. The van der Waals surface area contributed by atoms with Crippen molar-refractivity contribution in [1.82, 2.24) is 0 Å². The van der Waals surface area contributed by atoms with Gasteiger partial charge in [0.05, 0.1) is 38.6 Å². The molecule has 0 aromatic heterocycles. The summed E-state index contributed by atoms with van der Waals surface area (Å²) in [5.74, 6) is -0.351. The van der Waals surface area contributed by atoms with Crippen LogP contribution in [0.15, 0.2) is 11.6 Å². The quantitative estimate of drug-likeness (QED) is 0.0980. The number of fused-ring (bicyclic) bond motifs is 7. The molecule has 12 N–H and O–H groups in total. The fraction of sp³-hybridized carbons (Fsp3) is 0.956. The summed E-state index contributed by atoms with van der Waals surface area (Å²) in [4.78, 5) is 0. The van der Waals surface area contributed by atoms with Crippen LogP contribution in [-0.2, 0) is 37.9 Å². The molecule has 9 aliphatic rings. The molecule has 1 spiro atoms. The Hall–Kier alpha value is -1.06. The summed E-state index contributed by atoms with van der Waals surface area (Å²) in [6.07, 6.45) is -15.0. The average molecular weight is 933 g/mol. The second-order valence-electron chi connectivity index (χ2n) is 21.2. The summed E-state index contributed by atoms with van der Waals surface area (Å²) in [5, 5.41) is 125. The van der Waals surface area contributed by atoms with Gasteiger partial charge >= 0.3 is 0 Å². The number of aliphatic hydroxyl groups is 12. The predicted molar refractivity (Wildman–Crippen MR) is 218 cm³/mol. The van der Waals surface area contributed by atoms with Crippen molar-refractivity contribution in [2.45, 2.75) is 188 Å². The summed E-state index contributed by atoms with van der Waals surface area (Å²) in [7, 11) is 0. The van der Waals surface area contributed by atoms with Gasteiger partial charge in [-0.15, -0.1) is 0 Å². The molecule has 65 heavy (non-hydrogen) atoms. The molecule has 372 valence electrons. The van der Waals surface area contributed by atoms with E-state index in [9.17, 15) is 61.3 Å². The van der Waals surface area contributed by atoms with E-state index in [2.05, 4.69) is 26.8 Å². The first-order valence-corrected chi connectivity index (χ1v) is 23.8. The number of ether oxygens (including phenoxy) is 8. The zero-order chi connectivity index (χ0) is 46.5. The molecule has 0 radical (unpaired) electrons. The lowest BCUT2D eigenvalue weighted by Crippen LogP contribution is -2.63. The summed E-state index contributed by atoms with van der Waals surface area (Å²) < 4.78 is 49.2. The van der Waals surface area contributed by atoms with Gasteiger partial charge in [0.2, 0.25) is 0 Å². The maximum absolute atomic E-state index is 11.0. The minimum absolute atomic E-state index is 0.0927. The minimum Gasteiger partial charge on any atom is -0.396 e. The van der Waals surface area contributed by atoms with Gasteiger partial charge in [-0.2, -0.15) is 0 Å². The summed E-state index contributed by atoms with van der Waals surface area (Å²) in [6.45, 7) is 5.31. The molecule has 0 aromatic carbocycles.